The van der Waals surface area contributed by atoms with Gasteiger partial charge in [0.15, 0.2) is 0 Å². The zero-order valence-electron chi connectivity index (χ0n) is 18.5. The number of aryl methyl sites for hydroxylation is 3. The summed E-state index contributed by atoms with van der Waals surface area (Å²) in [5, 5.41) is 9.53. The number of nitrogens with two attached hydrogens (primary N) is 1. The molecule has 0 aliphatic carbocycles. The van der Waals surface area contributed by atoms with Crippen molar-refractivity contribution in [1.82, 2.24) is 0 Å². The van der Waals surface area contributed by atoms with Crippen molar-refractivity contribution in [3.8, 4) is 0 Å². The first-order chi connectivity index (χ1) is 14.1. The van der Waals surface area contributed by atoms with Crippen LogP contribution in [0.2, 0.25) is 0 Å². The summed E-state index contributed by atoms with van der Waals surface area (Å²) in [7, 11) is -4.61. The van der Waals surface area contributed by atoms with Gasteiger partial charge >= 0.3 is 7.82 Å². The van der Waals surface area contributed by atoms with Gasteiger partial charge in [-0.15, -0.1) is 0 Å². The van der Waals surface area contributed by atoms with Gasteiger partial charge < -0.3 is 20.6 Å². The molecule has 1 aromatic carbocycles. The highest BCUT2D eigenvalue weighted by atomic mass is 31.2. The summed E-state index contributed by atoms with van der Waals surface area (Å²) in [6, 6.07) is 6.39. The lowest BCUT2D eigenvalue weighted by Gasteiger charge is -2.27. The largest absolute Gasteiger partial charge is 0.469 e. The second-order valence-electron chi connectivity index (χ2n) is 7.93. The molecule has 30 heavy (non-hydrogen) atoms. The van der Waals surface area contributed by atoms with E-state index in [-0.39, 0.29) is 0 Å². The Bertz CT molecular complexity index is 756. The average molecular weight is 440 g/mol. The molecule has 1 rings (SSSR count). The van der Waals surface area contributed by atoms with E-state index in [9.17, 15) is 9.67 Å². The van der Waals surface area contributed by atoms with Crippen molar-refractivity contribution >= 4 is 7.82 Å². The van der Waals surface area contributed by atoms with Crippen LogP contribution in [0, 0.1) is 6.92 Å². The topological polar surface area (TPSA) is 113 Å². The number of aliphatic hydroxyl groups excluding tert-OH is 1. The Kier molecular flexibility index (Phi) is 11.8. The molecule has 0 saturated carbocycles. The van der Waals surface area contributed by atoms with Gasteiger partial charge in [-0.25, -0.2) is 4.57 Å². The zero-order valence-corrected chi connectivity index (χ0v) is 19.4. The molecule has 0 aliphatic heterocycles. The van der Waals surface area contributed by atoms with Crippen LogP contribution < -0.4 is 5.73 Å². The fraction of sp³-hybridized carbons (Fsp3) is 0.565. The minimum absolute atomic E-state index is 0.362. The monoisotopic (exact) mass is 439 g/mol. The number of hydrogen-bond donors (Lipinski definition) is 4. The second kappa shape index (κ2) is 13.2. The van der Waals surface area contributed by atoms with Crippen molar-refractivity contribution < 1.29 is 24.0 Å². The molecule has 0 aliphatic rings. The number of rotatable bonds is 14. The first-order valence-corrected chi connectivity index (χ1v) is 12.2. The summed E-state index contributed by atoms with van der Waals surface area (Å²) in [6.07, 6.45) is 13.0. The van der Waals surface area contributed by atoms with Crippen molar-refractivity contribution in [3.05, 3.63) is 58.7 Å². The summed E-state index contributed by atoms with van der Waals surface area (Å²) in [6.45, 7) is 5.47. The van der Waals surface area contributed by atoms with Crippen LogP contribution in [-0.2, 0) is 21.9 Å². The third kappa shape index (κ3) is 10.7. The predicted octanol–water partition coefficient (Wildman–Crippen LogP) is 4.35. The quantitative estimate of drug-likeness (QED) is 0.195. The minimum atomic E-state index is -4.61. The Morgan fingerprint density at radius 2 is 2.00 bits per heavy atom. The SMILES string of the molecule is C/C=C(\C=C/CC)CCCCc1ccc(CCC(N)(CO)COP(=O)(O)O)c(C)c1. The molecule has 6 nitrogen and oxygen atoms in total. The molecule has 0 amide bonds. The normalized spacial score (nSPS) is 15.0. The molecule has 7 heteroatoms. The molecule has 0 spiro atoms. The molecule has 5 N–H and O–H groups in total. The van der Waals surface area contributed by atoms with Gasteiger partial charge in [0.05, 0.1) is 18.8 Å². The first-order valence-electron chi connectivity index (χ1n) is 10.6. The van der Waals surface area contributed by atoms with E-state index in [0.29, 0.717) is 12.8 Å². The highest BCUT2D eigenvalue weighted by molar-refractivity contribution is 7.46. The third-order valence-corrected chi connectivity index (χ3v) is 5.72. The molecule has 0 bridgehead atoms. The molecule has 1 atom stereocenters. The summed E-state index contributed by atoms with van der Waals surface area (Å²) in [5.41, 5.74) is 9.82. The highest BCUT2D eigenvalue weighted by Crippen LogP contribution is 2.37. The molecule has 1 unspecified atom stereocenters. The van der Waals surface area contributed by atoms with Gasteiger partial charge in [0, 0.05) is 0 Å². The lowest BCUT2D eigenvalue weighted by Crippen LogP contribution is -2.48. The minimum Gasteiger partial charge on any atom is -0.394 e. The molecule has 0 saturated heterocycles. The van der Waals surface area contributed by atoms with Crippen LogP contribution in [0.4, 0.5) is 0 Å². The van der Waals surface area contributed by atoms with Crippen molar-refractivity contribution in [1.29, 1.82) is 0 Å². The van der Waals surface area contributed by atoms with Crippen LogP contribution in [0.3, 0.4) is 0 Å². The van der Waals surface area contributed by atoms with E-state index in [1.54, 1.807) is 0 Å². The smallest absolute Gasteiger partial charge is 0.394 e. The maximum Gasteiger partial charge on any atom is 0.469 e. The Morgan fingerprint density at radius 1 is 1.27 bits per heavy atom. The number of benzene rings is 1. The number of phosphoric ester groups is 1. The average Bonchev–Trinajstić information content (AvgIpc) is 2.70. The number of hydrogen-bond acceptors (Lipinski definition) is 4. The molecule has 0 radical (unpaired) electrons. The Hall–Kier alpha value is -1.27. The number of unbranched alkanes of at least 4 members (excludes halogenated alkanes) is 1. The Balaban J connectivity index is 2.55. The van der Waals surface area contributed by atoms with E-state index in [2.05, 4.69) is 61.7 Å². The van der Waals surface area contributed by atoms with Crippen LogP contribution in [0.5, 0.6) is 0 Å². The van der Waals surface area contributed by atoms with Gasteiger partial charge in [0.25, 0.3) is 0 Å². The molecule has 1 aromatic rings. The highest BCUT2D eigenvalue weighted by Gasteiger charge is 2.28. The number of aliphatic hydroxyl groups is 1. The summed E-state index contributed by atoms with van der Waals surface area (Å²) >= 11 is 0. The van der Waals surface area contributed by atoms with Crippen LogP contribution in [-0.4, -0.2) is 33.6 Å². The van der Waals surface area contributed by atoms with Gasteiger partial charge in [-0.2, -0.15) is 0 Å². The molecule has 0 aromatic heterocycles. The lowest BCUT2D eigenvalue weighted by atomic mass is 9.91. The fourth-order valence-electron chi connectivity index (χ4n) is 3.24. The molecule has 0 heterocycles. The van der Waals surface area contributed by atoms with Crippen molar-refractivity contribution in [2.45, 2.75) is 71.3 Å². The summed E-state index contributed by atoms with van der Waals surface area (Å²) < 4.78 is 15.4. The van der Waals surface area contributed by atoms with Gasteiger partial charge in [-0.05, 0) is 75.5 Å². The van der Waals surface area contributed by atoms with E-state index in [1.165, 1.54) is 11.1 Å². The van der Waals surface area contributed by atoms with Crippen molar-refractivity contribution in [2.24, 2.45) is 5.73 Å². The van der Waals surface area contributed by atoms with Gasteiger partial charge in [-0.1, -0.05) is 48.9 Å². The van der Waals surface area contributed by atoms with Gasteiger partial charge in [0.2, 0.25) is 0 Å². The lowest BCUT2D eigenvalue weighted by molar-refractivity contribution is 0.102. The van der Waals surface area contributed by atoms with Gasteiger partial charge in [0.1, 0.15) is 0 Å². The van der Waals surface area contributed by atoms with Crippen molar-refractivity contribution in [2.75, 3.05) is 13.2 Å². The summed E-state index contributed by atoms with van der Waals surface area (Å²) in [4.78, 5) is 17.7. The maximum absolute atomic E-state index is 10.9. The molecular formula is C23H38NO5P. The second-order valence-corrected chi connectivity index (χ2v) is 9.17. The van der Waals surface area contributed by atoms with Gasteiger partial charge in [-0.3, -0.25) is 4.52 Å². The van der Waals surface area contributed by atoms with Crippen LogP contribution in [0.25, 0.3) is 0 Å². The summed E-state index contributed by atoms with van der Waals surface area (Å²) in [5.74, 6) is 0. The fourth-order valence-corrected chi connectivity index (χ4v) is 3.66. The van der Waals surface area contributed by atoms with Crippen LogP contribution in [0.1, 0.15) is 62.6 Å². The third-order valence-electron chi connectivity index (χ3n) is 5.25. The van der Waals surface area contributed by atoms with E-state index in [1.807, 2.05) is 0 Å². The standard InChI is InChI=1S/C23H38NO5P/c1-4-6-9-20(5-2)10-7-8-11-21-12-13-22(19(3)16-21)14-15-23(24,17-25)18-29-30(26,27)28/h5-6,9,12-13,16,25H,4,7-8,10-11,14-15,17-18,24H2,1-3H3,(H2,26,27,28)/b9-6-,20-5+. The molecule has 0 fully saturated rings. The van der Waals surface area contributed by atoms with E-state index >= 15 is 0 Å². The van der Waals surface area contributed by atoms with Crippen molar-refractivity contribution in [3.63, 3.8) is 0 Å². The Morgan fingerprint density at radius 3 is 2.57 bits per heavy atom. The van der Waals surface area contributed by atoms with E-state index in [0.717, 1.165) is 43.2 Å². The van der Waals surface area contributed by atoms with E-state index < -0.39 is 26.6 Å². The number of phosphoric acid groups is 1. The first kappa shape index (κ1) is 26.8. The predicted molar refractivity (Wildman–Crippen MR) is 122 cm³/mol. The zero-order chi connectivity index (χ0) is 22.6. The maximum atomic E-state index is 10.9. The molecule has 170 valence electrons. The van der Waals surface area contributed by atoms with Crippen LogP contribution >= 0.6 is 7.82 Å². The molecular weight excluding hydrogens is 401 g/mol. The van der Waals surface area contributed by atoms with E-state index in [4.69, 9.17) is 15.5 Å². The number of allylic oxidation sites excluding steroid dienone is 4. The Labute approximate surface area is 181 Å². The van der Waals surface area contributed by atoms with Crippen LogP contribution in [0.15, 0.2) is 42.0 Å².